The lowest BCUT2D eigenvalue weighted by atomic mass is 10.6. The first-order valence-electron chi connectivity index (χ1n) is 1.75. The molecule has 1 atom stereocenters. The highest BCUT2D eigenvalue weighted by atomic mass is 35.5. The largest absolute Gasteiger partial charge is 0.298 e. The Balaban J connectivity index is 3.98. The Kier molecular flexibility index (Phi) is 3.23. The maximum Gasteiger partial charge on any atom is 0.151 e. The maximum absolute atomic E-state index is 9.78. The number of hydrogen-bond acceptors (Lipinski definition) is 1. The Morgan fingerprint density at radius 2 is 2.29 bits per heavy atom. The van der Waals surface area contributed by atoms with Crippen LogP contribution >= 0.6 is 20.8 Å². The quantitative estimate of drug-likeness (QED) is 0.304. The first-order chi connectivity index (χ1) is 3.18. The molecule has 0 spiro atoms. The molecule has 3 heteroatoms. The molecule has 0 aromatic carbocycles. The minimum atomic E-state index is 0.515. The average Bonchev–Trinajstić information content (AvgIpc) is 1.65. The van der Waals surface area contributed by atoms with Gasteiger partial charge in [-0.25, -0.2) is 0 Å². The van der Waals surface area contributed by atoms with Crippen LogP contribution < -0.4 is 0 Å². The van der Waals surface area contributed by atoms with Crippen molar-refractivity contribution in [1.29, 1.82) is 0 Å². The molecular formula is C4H6ClOP. The van der Waals surface area contributed by atoms with Crippen LogP contribution in [-0.4, -0.2) is 6.29 Å². The van der Waals surface area contributed by atoms with E-state index in [-0.39, 0.29) is 0 Å². The first-order valence-corrected chi connectivity index (χ1v) is 2.71. The number of carbonyl (C=O) groups is 1. The summed E-state index contributed by atoms with van der Waals surface area (Å²) in [7, 11) is 2.23. The Bertz CT molecular complexity index is 104. The SMILES string of the molecule is C/C(Cl)=C(\P)C=O. The van der Waals surface area contributed by atoms with Gasteiger partial charge in [-0.2, -0.15) is 0 Å². The summed E-state index contributed by atoms with van der Waals surface area (Å²) >= 11 is 5.36. The van der Waals surface area contributed by atoms with Crippen LogP contribution in [0.5, 0.6) is 0 Å². The van der Waals surface area contributed by atoms with E-state index in [1.807, 2.05) is 0 Å². The zero-order chi connectivity index (χ0) is 5.86. The molecule has 0 aliphatic heterocycles. The van der Waals surface area contributed by atoms with Gasteiger partial charge in [0.25, 0.3) is 0 Å². The second-order valence-electron chi connectivity index (χ2n) is 1.11. The van der Waals surface area contributed by atoms with Gasteiger partial charge in [-0.15, -0.1) is 9.24 Å². The van der Waals surface area contributed by atoms with Gasteiger partial charge in [-0.05, 0) is 6.92 Å². The molecule has 0 aromatic heterocycles. The predicted molar refractivity (Wildman–Crippen MR) is 34.3 cm³/mol. The van der Waals surface area contributed by atoms with Crippen molar-refractivity contribution >= 4 is 27.1 Å². The standard InChI is InChI=1S/C4H6ClOP/c1-3(5)4(7)2-6/h2H,7H2,1H3/b4-3+. The van der Waals surface area contributed by atoms with Crippen molar-refractivity contribution in [3.05, 3.63) is 10.3 Å². The minimum absolute atomic E-state index is 0.515. The molecule has 0 amide bonds. The molecule has 0 fully saturated rings. The highest BCUT2D eigenvalue weighted by Gasteiger charge is 1.86. The third-order valence-electron chi connectivity index (χ3n) is 0.525. The molecule has 0 bridgehead atoms. The van der Waals surface area contributed by atoms with E-state index in [9.17, 15) is 4.79 Å². The maximum atomic E-state index is 9.78. The molecule has 0 aliphatic rings. The van der Waals surface area contributed by atoms with Crippen molar-refractivity contribution in [1.82, 2.24) is 0 Å². The summed E-state index contributed by atoms with van der Waals surface area (Å²) in [5.41, 5.74) is 0. The summed E-state index contributed by atoms with van der Waals surface area (Å²) in [6, 6.07) is 0. The molecule has 0 radical (unpaired) electrons. The van der Waals surface area contributed by atoms with Crippen LogP contribution in [0.3, 0.4) is 0 Å². The predicted octanol–water partition coefficient (Wildman–Crippen LogP) is 1.53. The van der Waals surface area contributed by atoms with Crippen molar-refractivity contribution in [2.45, 2.75) is 6.92 Å². The molecular weight excluding hydrogens is 130 g/mol. The van der Waals surface area contributed by atoms with Crippen molar-refractivity contribution in [3.63, 3.8) is 0 Å². The fourth-order valence-corrected chi connectivity index (χ4v) is 0.126. The van der Waals surface area contributed by atoms with E-state index in [2.05, 4.69) is 9.24 Å². The number of carbonyl (C=O) groups excluding carboxylic acids is 1. The van der Waals surface area contributed by atoms with Gasteiger partial charge in [0.2, 0.25) is 0 Å². The summed E-state index contributed by atoms with van der Waals surface area (Å²) in [6.07, 6.45) is 0.701. The number of halogens is 1. The Hall–Kier alpha value is 0.130. The molecule has 40 valence electrons. The molecule has 0 rings (SSSR count). The topological polar surface area (TPSA) is 17.1 Å². The van der Waals surface area contributed by atoms with Gasteiger partial charge in [-0.3, -0.25) is 4.79 Å². The summed E-state index contributed by atoms with van der Waals surface area (Å²) < 4.78 is 0. The van der Waals surface area contributed by atoms with E-state index in [0.29, 0.717) is 16.6 Å². The molecule has 0 saturated carbocycles. The van der Waals surface area contributed by atoms with Gasteiger partial charge >= 0.3 is 0 Å². The smallest absolute Gasteiger partial charge is 0.151 e. The van der Waals surface area contributed by atoms with Crippen LogP contribution in [0.25, 0.3) is 0 Å². The average molecular weight is 137 g/mol. The van der Waals surface area contributed by atoms with Gasteiger partial charge < -0.3 is 0 Å². The number of allylic oxidation sites excluding steroid dienone is 2. The third kappa shape index (κ3) is 2.78. The Morgan fingerprint density at radius 3 is 2.29 bits per heavy atom. The van der Waals surface area contributed by atoms with Crippen molar-refractivity contribution in [3.8, 4) is 0 Å². The van der Waals surface area contributed by atoms with Crippen LogP contribution in [0.4, 0.5) is 0 Å². The second kappa shape index (κ2) is 3.17. The molecule has 0 aliphatic carbocycles. The number of rotatable bonds is 1. The molecule has 7 heavy (non-hydrogen) atoms. The van der Waals surface area contributed by atoms with E-state index in [1.54, 1.807) is 6.92 Å². The summed E-state index contributed by atoms with van der Waals surface area (Å²) in [5, 5.41) is 1.04. The number of aldehydes is 1. The second-order valence-corrected chi connectivity index (χ2v) is 2.30. The molecule has 1 nitrogen and oxygen atoms in total. The van der Waals surface area contributed by atoms with Crippen LogP contribution in [0, 0.1) is 0 Å². The fraction of sp³-hybridized carbons (Fsp3) is 0.250. The van der Waals surface area contributed by atoms with E-state index >= 15 is 0 Å². The lowest BCUT2D eigenvalue weighted by Gasteiger charge is -1.83. The lowest BCUT2D eigenvalue weighted by Crippen LogP contribution is -1.70. The van der Waals surface area contributed by atoms with Crippen LogP contribution in [0.15, 0.2) is 10.3 Å². The highest BCUT2D eigenvalue weighted by molar-refractivity contribution is 7.24. The molecule has 0 N–H and O–H groups in total. The van der Waals surface area contributed by atoms with Gasteiger partial charge in [0.05, 0.1) is 0 Å². The van der Waals surface area contributed by atoms with Crippen LogP contribution in [-0.2, 0) is 4.79 Å². The van der Waals surface area contributed by atoms with Gasteiger partial charge in [0.15, 0.2) is 6.29 Å². The Labute approximate surface area is 49.9 Å². The zero-order valence-electron chi connectivity index (χ0n) is 3.94. The van der Waals surface area contributed by atoms with E-state index < -0.39 is 0 Å². The zero-order valence-corrected chi connectivity index (χ0v) is 5.85. The number of hydrogen-bond donors (Lipinski definition) is 0. The monoisotopic (exact) mass is 136 g/mol. The highest BCUT2D eigenvalue weighted by Crippen LogP contribution is 2.11. The summed E-state index contributed by atoms with van der Waals surface area (Å²) in [4.78, 5) is 9.78. The molecule has 0 saturated heterocycles. The van der Waals surface area contributed by atoms with Crippen molar-refractivity contribution in [2.24, 2.45) is 0 Å². The van der Waals surface area contributed by atoms with E-state index in [0.717, 1.165) is 0 Å². The molecule has 0 heterocycles. The van der Waals surface area contributed by atoms with Gasteiger partial charge in [0, 0.05) is 10.3 Å². The minimum Gasteiger partial charge on any atom is -0.298 e. The first kappa shape index (κ1) is 7.13. The fourth-order valence-electron chi connectivity index (χ4n) is 0.0812. The van der Waals surface area contributed by atoms with E-state index in [4.69, 9.17) is 11.6 Å². The van der Waals surface area contributed by atoms with Crippen LogP contribution in [0.1, 0.15) is 6.92 Å². The molecule has 0 aromatic rings. The summed E-state index contributed by atoms with van der Waals surface area (Å²) in [5.74, 6) is 0. The van der Waals surface area contributed by atoms with Gasteiger partial charge in [0.1, 0.15) is 0 Å². The van der Waals surface area contributed by atoms with Crippen LogP contribution in [0.2, 0.25) is 0 Å². The third-order valence-corrected chi connectivity index (χ3v) is 1.50. The molecule has 1 unspecified atom stereocenters. The Morgan fingerprint density at radius 1 is 1.86 bits per heavy atom. The van der Waals surface area contributed by atoms with Crippen molar-refractivity contribution in [2.75, 3.05) is 0 Å². The van der Waals surface area contributed by atoms with Gasteiger partial charge in [-0.1, -0.05) is 11.6 Å². The van der Waals surface area contributed by atoms with E-state index in [1.165, 1.54) is 0 Å². The lowest BCUT2D eigenvalue weighted by molar-refractivity contribution is -0.104. The summed E-state index contributed by atoms with van der Waals surface area (Å²) in [6.45, 7) is 1.66. The normalized spacial score (nSPS) is 13.0. The van der Waals surface area contributed by atoms with Crippen molar-refractivity contribution < 1.29 is 4.79 Å².